The van der Waals surface area contributed by atoms with E-state index in [1.54, 1.807) is 10.8 Å². The van der Waals surface area contributed by atoms with Gasteiger partial charge in [0.2, 0.25) is 0 Å². The number of ether oxygens (including phenoxy) is 4. The fourth-order valence-corrected chi connectivity index (χ4v) is 5.43. The molecule has 4 aliphatic heterocycles. The molecule has 7 rings (SSSR count). The zero-order valence-corrected chi connectivity index (χ0v) is 13.2. The Balaban J connectivity index is 1.57. The van der Waals surface area contributed by atoms with E-state index in [2.05, 4.69) is 4.98 Å². The SMILES string of the molecule is C[C@@]12OC3(CCCC3)O[C@@]13C1Oc4nc(=O)ccn4[C@@H]2O[C@]13CF. The van der Waals surface area contributed by atoms with Gasteiger partial charge in [0, 0.05) is 25.1 Å². The first-order chi connectivity index (χ1) is 11.5. The average molecular weight is 336 g/mol. The first kappa shape index (κ1) is 13.7. The molecule has 8 heteroatoms. The lowest BCUT2D eigenvalue weighted by Crippen LogP contribution is -2.45. The minimum atomic E-state index is -1.20. The van der Waals surface area contributed by atoms with Gasteiger partial charge in [-0.15, -0.1) is 0 Å². The number of aromatic nitrogens is 2. The lowest BCUT2D eigenvalue weighted by molar-refractivity contribution is -0.232. The molecule has 7 nitrogen and oxygen atoms in total. The van der Waals surface area contributed by atoms with Crippen LogP contribution in [0, 0.1) is 0 Å². The van der Waals surface area contributed by atoms with Gasteiger partial charge in [-0.2, -0.15) is 4.98 Å². The van der Waals surface area contributed by atoms with Crippen molar-refractivity contribution in [3.05, 3.63) is 22.6 Å². The minimum absolute atomic E-state index is 0.132. The Morgan fingerprint density at radius 1 is 1.38 bits per heavy atom. The van der Waals surface area contributed by atoms with Gasteiger partial charge >= 0.3 is 6.01 Å². The van der Waals surface area contributed by atoms with E-state index in [4.69, 9.17) is 18.9 Å². The molecule has 1 aromatic rings. The van der Waals surface area contributed by atoms with E-state index in [0.29, 0.717) is 0 Å². The van der Waals surface area contributed by atoms with Crippen LogP contribution < -0.4 is 10.3 Å². The molecule has 1 aromatic heterocycles. The van der Waals surface area contributed by atoms with Crippen LogP contribution in [-0.4, -0.2) is 44.9 Å². The van der Waals surface area contributed by atoms with E-state index in [0.717, 1.165) is 25.7 Å². The second-order valence-electron chi connectivity index (χ2n) is 7.61. The summed E-state index contributed by atoms with van der Waals surface area (Å²) >= 11 is 0. The fourth-order valence-electron chi connectivity index (χ4n) is 5.43. The molecular weight excluding hydrogens is 319 g/mol. The van der Waals surface area contributed by atoms with Gasteiger partial charge in [0.15, 0.2) is 29.3 Å². The molecule has 5 atom stereocenters. The van der Waals surface area contributed by atoms with Crippen molar-refractivity contribution in [3.8, 4) is 6.01 Å². The smallest absolute Gasteiger partial charge is 0.302 e. The summed E-state index contributed by atoms with van der Waals surface area (Å²) in [5, 5.41) is 0. The first-order valence-corrected chi connectivity index (χ1v) is 8.40. The van der Waals surface area contributed by atoms with Crippen molar-refractivity contribution in [2.45, 2.75) is 67.5 Å². The maximum absolute atomic E-state index is 14.1. The maximum Gasteiger partial charge on any atom is 0.302 e. The first-order valence-electron chi connectivity index (χ1n) is 8.40. The average Bonchev–Trinajstić information content (AvgIpc) is 2.80. The second-order valence-corrected chi connectivity index (χ2v) is 7.61. The van der Waals surface area contributed by atoms with Crippen molar-refractivity contribution < 1.29 is 23.3 Å². The zero-order valence-electron chi connectivity index (χ0n) is 13.2. The molecule has 4 bridgehead atoms. The minimum Gasteiger partial charge on any atom is -0.455 e. The summed E-state index contributed by atoms with van der Waals surface area (Å²) in [6.45, 7) is 1.17. The number of rotatable bonds is 1. The fraction of sp³-hybridized carbons (Fsp3) is 0.750. The van der Waals surface area contributed by atoms with Gasteiger partial charge in [0.25, 0.3) is 5.56 Å². The molecule has 0 N–H and O–H groups in total. The topological polar surface area (TPSA) is 71.8 Å². The molecule has 1 unspecified atom stereocenters. The predicted octanol–water partition coefficient (Wildman–Crippen LogP) is 1.07. The Morgan fingerprint density at radius 2 is 2.17 bits per heavy atom. The third-order valence-corrected chi connectivity index (χ3v) is 6.46. The Labute approximate surface area is 136 Å². The van der Waals surface area contributed by atoms with Crippen molar-refractivity contribution in [2.24, 2.45) is 0 Å². The molecule has 128 valence electrons. The summed E-state index contributed by atoms with van der Waals surface area (Å²) < 4.78 is 40.7. The van der Waals surface area contributed by atoms with Crippen LogP contribution in [0.3, 0.4) is 0 Å². The van der Waals surface area contributed by atoms with Crippen LogP contribution >= 0.6 is 0 Å². The van der Waals surface area contributed by atoms with Crippen LogP contribution in [0.25, 0.3) is 0 Å². The molecule has 2 saturated carbocycles. The quantitative estimate of drug-likeness (QED) is 0.764. The van der Waals surface area contributed by atoms with Gasteiger partial charge in [0.1, 0.15) is 12.3 Å². The summed E-state index contributed by atoms with van der Waals surface area (Å²) in [5.74, 6) is -0.681. The van der Waals surface area contributed by atoms with Crippen LogP contribution in [0.1, 0.15) is 38.8 Å². The highest BCUT2D eigenvalue weighted by molar-refractivity contribution is 5.46. The van der Waals surface area contributed by atoms with Gasteiger partial charge in [-0.05, 0) is 19.8 Å². The van der Waals surface area contributed by atoms with E-state index in [-0.39, 0.29) is 6.01 Å². The summed E-state index contributed by atoms with van der Waals surface area (Å²) in [5.41, 5.74) is -3.50. The largest absolute Gasteiger partial charge is 0.455 e. The molecule has 2 aliphatic carbocycles. The van der Waals surface area contributed by atoms with E-state index in [9.17, 15) is 9.18 Å². The lowest BCUT2D eigenvalue weighted by Gasteiger charge is -2.32. The Kier molecular flexibility index (Phi) is 2.11. The molecule has 2 spiro atoms. The van der Waals surface area contributed by atoms with Gasteiger partial charge in [-0.1, -0.05) is 0 Å². The monoisotopic (exact) mass is 336 g/mol. The Hall–Kier alpha value is -1.51. The predicted molar refractivity (Wildman–Crippen MR) is 76.2 cm³/mol. The van der Waals surface area contributed by atoms with Crippen LogP contribution in [-0.2, 0) is 14.2 Å². The molecular formula is C16H17FN2O5. The van der Waals surface area contributed by atoms with Gasteiger partial charge in [-0.25, -0.2) is 4.39 Å². The van der Waals surface area contributed by atoms with Crippen LogP contribution in [0.5, 0.6) is 6.01 Å². The number of hydrogen-bond donors (Lipinski definition) is 0. The highest BCUT2D eigenvalue weighted by Gasteiger charge is 3.00. The zero-order chi connectivity index (χ0) is 16.4. The highest BCUT2D eigenvalue weighted by atomic mass is 19.1. The van der Waals surface area contributed by atoms with Gasteiger partial charge in [0.05, 0.1) is 0 Å². The van der Waals surface area contributed by atoms with Gasteiger partial charge in [-0.3, -0.25) is 9.36 Å². The summed E-state index contributed by atoms with van der Waals surface area (Å²) in [6.07, 6.45) is 3.89. The number of alkyl halides is 1. The number of nitrogens with zero attached hydrogens (tertiary/aromatic N) is 2. The maximum atomic E-state index is 14.1. The van der Waals surface area contributed by atoms with Crippen molar-refractivity contribution in [1.82, 2.24) is 9.55 Å². The van der Waals surface area contributed by atoms with E-state index in [1.807, 2.05) is 6.92 Å². The second kappa shape index (κ2) is 3.68. The lowest BCUT2D eigenvalue weighted by atomic mass is 9.94. The molecule has 2 saturated heterocycles. The van der Waals surface area contributed by atoms with Crippen molar-refractivity contribution in [1.29, 1.82) is 0 Å². The van der Waals surface area contributed by atoms with Crippen LogP contribution in [0.2, 0.25) is 0 Å². The van der Waals surface area contributed by atoms with Crippen LogP contribution in [0.15, 0.2) is 17.1 Å². The summed E-state index contributed by atoms with van der Waals surface area (Å²) in [6, 6.07) is 1.47. The number of halogens is 1. The molecule has 5 heterocycles. The molecule has 0 aromatic carbocycles. The normalized spacial score (nSPS) is 48.8. The van der Waals surface area contributed by atoms with Gasteiger partial charge < -0.3 is 18.9 Å². The third-order valence-electron chi connectivity index (χ3n) is 6.46. The molecule has 4 fully saturated rings. The van der Waals surface area contributed by atoms with E-state index < -0.39 is 47.2 Å². The number of hydrogen-bond acceptors (Lipinski definition) is 6. The van der Waals surface area contributed by atoms with E-state index >= 15 is 0 Å². The van der Waals surface area contributed by atoms with E-state index in [1.165, 1.54) is 6.07 Å². The molecule has 6 aliphatic rings. The van der Waals surface area contributed by atoms with Crippen molar-refractivity contribution in [3.63, 3.8) is 0 Å². The van der Waals surface area contributed by atoms with Crippen molar-refractivity contribution >= 4 is 0 Å². The summed E-state index contributed by atoms with van der Waals surface area (Å²) in [7, 11) is 0. The Bertz CT molecular complexity index is 823. The standard InChI is InChI=1S/C16H17FN2O5/c1-13-11-19-7-4-9(20)18-12(19)21-10-15(8-17,22-11)16(10,13)24-14(23-13)5-2-3-6-14/h4,7,10-11H,2-3,5-6,8H2,1H3/t10?,11-,13+,15-,16+/m1/s1. The van der Waals surface area contributed by atoms with Crippen LogP contribution in [0.4, 0.5) is 4.39 Å². The molecule has 24 heavy (non-hydrogen) atoms. The Morgan fingerprint density at radius 3 is 2.92 bits per heavy atom. The highest BCUT2D eigenvalue weighted by Crippen LogP contribution is 2.77. The summed E-state index contributed by atoms with van der Waals surface area (Å²) in [4.78, 5) is 15.5. The molecule has 0 radical (unpaired) electrons. The molecule has 0 amide bonds. The van der Waals surface area contributed by atoms with Crippen molar-refractivity contribution in [2.75, 3.05) is 6.67 Å². The third kappa shape index (κ3) is 1.14.